The first kappa shape index (κ1) is 30.6. The third kappa shape index (κ3) is 9.37. The molecule has 3 amide bonds. The van der Waals surface area contributed by atoms with Gasteiger partial charge in [0.05, 0.1) is 6.61 Å². The maximum atomic E-state index is 14.1. The van der Waals surface area contributed by atoms with Gasteiger partial charge < -0.3 is 30.5 Å². The van der Waals surface area contributed by atoms with Crippen LogP contribution in [0.15, 0.2) is 48.5 Å². The molecule has 0 spiro atoms. The summed E-state index contributed by atoms with van der Waals surface area (Å²) in [6.45, 7) is 8.76. The van der Waals surface area contributed by atoms with Crippen LogP contribution in [0.5, 0.6) is 5.75 Å². The lowest BCUT2D eigenvalue weighted by Crippen LogP contribution is -2.54. The Bertz CT molecular complexity index is 1070. The number of ether oxygens (including phenoxy) is 1. The number of alkyl carbamates (subject to hydrolysis) is 1. The Hall–Kier alpha value is -3.59. The van der Waals surface area contributed by atoms with Gasteiger partial charge in [-0.3, -0.25) is 9.59 Å². The number of amides is 3. The number of nitrogens with one attached hydrogen (secondary N) is 2. The van der Waals surface area contributed by atoms with Gasteiger partial charge in [0.2, 0.25) is 11.8 Å². The minimum atomic E-state index is -1.09. The van der Waals surface area contributed by atoms with Gasteiger partial charge in [-0.15, -0.1) is 0 Å². The second-order valence-electron chi connectivity index (χ2n) is 10.2. The molecule has 2 atom stereocenters. The summed E-state index contributed by atoms with van der Waals surface area (Å²) >= 11 is 0. The van der Waals surface area contributed by atoms with Gasteiger partial charge in [0.1, 0.15) is 23.4 Å². The Morgan fingerprint density at radius 2 is 1.76 bits per heavy atom. The van der Waals surface area contributed by atoms with Crippen molar-refractivity contribution in [3.63, 3.8) is 0 Å². The third-order valence-corrected chi connectivity index (χ3v) is 5.82. The topological polar surface area (TPSA) is 128 Å². The summed E-state index contributed by atoms with van der Waals surface area (Å²) in [6.07, 6.45) is 1.03. The van der Waals surface area contributed by atoms with Crippen molar-refractivity contribution in [3.8, 4) is 5.75 Å². The number of aliphatic hydroxyl groups excluding tert-OH is 1. The van der Waals surface area contributed by atoms with Crippen molar-refractivity contribution in [1.29, 1.82) is 0 Å². The van der Waals surface area contributed by atoms with Gasteiger partial charge in [-0.05, 0) is 62.9 Å². The molecular formula is C29H41N3O6. The summed E-state index contributed by atoms with van der Waals surface area (Å²) < 4.78 is 5.41. The molecule has 0 aromatic heterocycles. The maximum absolute atomic E-state index is 14.1. The van der Waals surface area contributed by atoms with Gasteiger partial charge in [-0.1, -0.05) is 49.7 Å². The number of nitrogens with zero attached hydrogens (tertiary/aromatic N) is 1. The number of phenols is 1. The lowest BCUT2D eigenvalue weighted by Gasteiger charge is -2.34. The van der Waals surface area contributed by atoms with Crippen molar-refractivity contribution < 1.29 is 29.3 Å². The molecule has 0 saturated heterocycles. The van der Waals surface area contributed by atoms with Crippen molar-refractivity contribution in [1.82, 2.24) is 15.5 Å². The molecular weight excluding hydrogens is 486 g/mol. The van der Waals surface area contributed by atoms with Crippen LogP contribution in [-0.4, -0.2) is 64.4 Å². The molecule has 2 aromatic rings. The molecule has 0 fully saturated rings. The van der Waals surface area contributed by atoms with Crippen molar-refractivity contribution >= 4 is 17.9 Å². The quantitative estimate of drug-likeness (QED) is 0.312. The van der Waals surface area contributed by atoms with Gasteiger partial charge in [-0.2, -0.15) is 0 Å². The number of hydrogen-bond donors (Lipinski definition) is 4. The van der Waals surface area contributed by atoms with Gasteiger partial charge in [0.25, 0.3) is 0 Å². The van der Waals surface area contributed by atoms with E-state index < -0.39 is 42.2 Å². The van der Waals surface area contributed by atoms with E-state index in [1.807, 2.05) is 37.3 Å². The summed E-state index contributed by atoms with van der Waals surface area (Å²) in [4.78, 5) is 41.5. The van der Waals surface area contributed by atoms with Crippen LogP contribution in [-0.2, 0) is 20.7 Å². The zero-order valence-electron chi connectivity index (χ0n) is 23.0. The van der Waals surface area contributed by atoms with Crippen molar-refractivity contribution in [3.05, 3.63) is 65.2 Å². The Morgan fingerprint density at radius 1 is 1.08 bits per heavy atom. The molecule has 208 valence electrons. The van der Waals surface area contributed by atoms with Crippen LogP contribution in [0.25, 0.3) is 0 Å². The Kier molecular flexibility index (Phi) is 11.6. The molecule has 9 heteroatoms. The average molecular weight is 528 g/mol. The molecule has 2 unspecified atom stereocenters. The van der Waals surface area contributed by atoms with E-state index in [2.05, 4.69) is 10.6 Å². The number of aromatic hydroxyl groups is 1. The van der Waals surface area contributed by atoms with E-state index in [0.717, 1.165) is 18.4 Å². The molecule has 0 aliphatic carbocycles. The molecule has 2 rings (SSSR count). The highest BCUT2D eigenvalue weighted by Crippen LogP contribution is 2.27. The fourth-order valence-electron chi connectivity index (χ4n) is 3.98. The minimum Gasteiger partial charge on any atom is -0.508 e. The molecule has 38 heavy (non-hydrogen) atoms. The number of aryl methyl sites for hydroxylation is 1. The van der Waals surface area contributed by atoms with Crippen LogP contribution in [0.4, 0.5) is 4.79 Å². The first-order chi connectivity index (χ1) is 18.0. The van der Waals surface area contributed by atoms with Gasteiger partial charge in [0.15, 0.2) is 0 Å². The molecule has 0 aliphatic heterocycles. The molecule has 0 aliphatic rings. The SMILES string of the molecule is CCCCNC(=O)C(c1ccc(O)c(C)c1)N(CCO)C(=O)C(Cc1ccccc1)NC(=O)OC(C)(C)C. The molecule has 0 saturated carbocycles. The van der Waals surface area contributed by atoms with Crippen LogP contribution >= 0.6 is 0 Å². The first-order valence-corrected chi connectivity index (χ1v) is 13.0. The van der Waals surface area contributed by atoms with Gasteiger partial charge >= 0.3 is 6.09 Å². The lowest BCUT2D eigenvalue weighted by molar-refractivity contribution is -0.143. The second-order valence-corrected chi connectivity index (χ2v) is 10.2. The maximum Gasteiger partial charge on any atom is 0.408 e. The highest BCUT2D eigenvalue weighted by atomic mass is 16.6. The number of aliphatic hydroxyl groups is 1. The molecule has 0 bridgehead atoms. The number of carbonyl (C=O) groups excluding carboxylic acids is 3. The largest absolute Gasteiger partial charge is 0.508 e. The zero-order valence-corrected chi connectivity index (χ0v) is 23.0. The van der Waals surface area contributed by atoms with Crippen LogP contribution in [0.1, 0.15) is 63.3 Å². The van der Waals surface area contributed by atoms with E-state index in [1.54, 1.807) is 39.8 Å². The Balaban J connectivity index is 2.50. The number of phenolic OH excluding ortho intramolecular Hbond substituents is 1. The molecule has 0 heterocycles. The van der Waals surface area contributed by atoms with E-state index in [-0.39, 0.29) is 18.7 Å². The van der Waals surface area contributed by atoms with E-state index in [9.17, 15) is 24.6 Å². The van der Waals surface area contributed by atoms with Crippen LogP contribution < -0.4 is 10.6 Å². The Morgan fingerprint density at radius 3 is 2.34 bits per heavy atom. The predicted octanol–water partition coefficient (Wildman–Crippen LogP) is 3.61. The number of benzene rings is 2. The molecule has 4 N–H and O–H groups in total. The normalized spacial score (nSPS) is 12.8. The van der Waals surface area contributed by atoms with E-state index >= 15 is 0 Å². The predicted molar refractivity (Wildman–Crippen MR) is 146 cm³/mol. The third-order valence-electron chi connectivity index (χ3n) is 5.82. The van der Waals surface area contributed by atoms with E-state index in [0.29, 0.717) is 17.7 Å². The van der Waals surface area contributed by atoms with Crippen LogP contribution in [0.2, 0.25) is 0 Å². The molecule has 0 radical (unpaired) electrons. The number of unbranched alkanes of at least 4 members (excludes halogenated alkanes) is 1. The van der Waals surface area contributed by atoms with Crippen molar-refractivity contribution in [2.75, 3.05) is 19.7 Å². The monoisotopic (exact) mass is 527 g/mol. The first-order valence-electron chi connectivity index (χ1n) is 13.0. The van der Waals surface area contributed by atoms with Crippen molar-refractivity contribution in [2.24, 2.45) is 0 Å². The molecule has 2 aromatic carbocycles. The second kappa shape index (κ2) is 14.4. The zero-order chi connectivity index (χ0) is 28.3. The summed E-state index contributed by atoms with van der Waals surface area (Å²) in [6, 6.07) is 11.7. The highest BCUT2D eigenvalue weighted by Gasteiger charge is 2.36. The standard InChI is InChI=1S/C29H41N3O6/c1-6-7-15-30-26(35)25(22-13-14-24(34)20(2)18-22)32(16-17-33)27(36)23(19-21-11-9-8-10-12-21)31-28(37)38-29(3,4)5/h8-14,18,23,25,33-34H,6-7,15-17,19H2,1-5H3,(H,30,35)(H,31,37). The van der Waals surface area contributed by atoms with Gasteiger partial charge in [-0.25, -0.2) is 4.79 Å². The highest BCUT2D eigenvalue weighted by molar-refractivity contribution is 5.92. The fourth-order valence-corrected chi connectivity index (χ4v) is 3.98. The Labute approximate surface area is 225 Å². The summed E-state index contributed by atoms with van der Waals surface area (Å²) in [5, 5.41) is 25.5. The van der Waals surface area contributed by atoms with E-state index in [1.165, 1.54) is 11.0 Å². The average Bonchev–Trinajstić information content (AvgIpc) is 2.84. The molecule has 9 nitrogen and oxygen atoms in total. The minimum absolute atomic E-state index is 0.0625. The number of hydrogen-bond acceptors (Lipinski definition) is 6. The number of carbonyl (C=O) groups is 3. The summed E-state index contributed by atoms with van der Waals surface area (Å²) in [5.74, 6) is -0.899. The lowest BCUT2D eigenvalue weighted by atomic mass is 9.98. The summed E-state index contributed by atoms with van der Waals surface area (Å²) in [7, 11) is 0. The van der Waals surface area contributed by atoms with E-state index in [4.69, 9.17) is 4.74 Å². The van der Waals surface area contributed by atoms with Crippen molar-refractivity contribution in [2.45, 2.75) is 71.6 Å². The van der Waals surface area contributed by atoms with Gasteiger partial charge in [0, 0.05) is 19.5 Å². The van der Waals surface area contributed by atoms with Crippen LogP contribution in [0.3, 0.4) is 0 Å². The fraction of sp³-hybridized carbons (Fsp3) is 0.483. The smallest absolute Gasteiger partial charge is 0.408 e. The summed E-state index contributed by atoms with van der Waals surface area (Å²) in [5.41, 5.74) is 1.04. The number of rotatable bonds is 12. The van der Waals surface area contributed by atoms with Crippen LogP contribution in [0, 0.1) is 6.92 Å².